The molecule has 0 unspecified atom stereocenters. The molecule has 0 bridgehead atoms. The molecule has 0 atom stereocenters. The van der Waals surface area contributed by atoms with Crippen molar-refractivity contribution in [3.05, 3.63) is 97.1 Å². The summed E-state index contributed by atoms with van der Waals surface area (Å²) in [4.78, 5) is 13.4. The number of nitrogens with one attached hydrogen (secondary N) is 1. The van der Waals surface area contributed by atoms with Crippen LogP contribution in [0.3, 0.4) is 0 Å². The van der Waals surface area contributed by atoms with Gasteiger partial charge in [-0.15, -0.1) is 0 Å². The third-order valence-corrected chi connectivity index (χ3v) is 6.02. The molecule has 0 spiro atoms. The van der Waals surface area contributed by atoms with Gasteiger partial charge in [-0.2, -0.15) is 0 Å². The molecule has 7 rings (SSSR count). The Hall–Kier alpha value is -4.44. The van der Waals surface area contributed by atoms with Crippen LogP contribution in [0.1, 0.15) is 0 Å². The fourth-order valence-electron chi connectivity index (χ4n) is 4.50. The summed E-state index contributed by atoms with van der Waals surface area (Å²) in [5, 5.41) is 3.31. The first-order chi connectivity index (χ1) is 15.8. The van der Waals surface area contributed by atoms with Gasteiger partial charge in [-0.1, -0.05) is 78.9 Å². The number of fused-ring (bicyclic) bond motifs is 6. The number of aromatic nitrogens is 3. The van der Waals surface area contributed by atoms with E-state index in [0.717, 1.165) is 49.7 Å². The first-order valence-electron chi connectivity index (χ1n) is 10.6. The summed E-state index contributed by atoms with van der Waals surface area (Å²) in [5.74, 6) is 0.691. The second-order valence-corrected chi connectivity index (χ2v) is 7.97. The van der Waals surface area contributed by atoms with Gasteiger partial charge in [0.2, 0.25) is 0 Å². The summed E-state index contributed by atoms with van der Waals surface area (Å²) in [5.41, 5.74) is 7.33. The van der Waals surface area contributed by atoms with Crippen molar-refractivity contribution in [2.75, 3.05) is 0 Å². The molecule has 0 saturated carbocycles. The summed E-state index contributed by atoms with van der Waals surface area (Å²) >= 11 is 0. The van der Waals surface area contributed by atoms with E-state index in [1.54, 1.807) is 0 Å². The highest BCUT2D eigenvalue weighted by atomic mass is 16.3. The fourth-order valence-corrected chi connectivity index (χ4v) is 4.50. The van der Waals surface area contributed by atoms with Crippen LogP contribution in [0.5, 0.6) is 0 Å². The molecule has 0 aliphatic carbocycles. The van der Waals surface area contributed by atoms with Crippen molar-refractivity contribution < 1.29 is 4.42 Å². The number of aromatic amines is 1. The lowest BCUT2D eigenvalue weighted by atomic mass is 10.1. The highest BCUT2D eigenvalue weighted by Crippen LogP contribution is 2.38. The van der Waals surface area contributed by atoms with Gasteiger partial charge >= 0.3 is 0 Å². The van der Waals surface area contributed by atoms with Crippen LogP contribution >= 0.6 is 0 Å². The van der Waals surface area contributed by atoms with Crippen LogP contribution in [0, 0.1) is 0 Å². The number of hydrogen-bond donors (Lipinski definition) is 1. The zero-order chi connectivity index (χ0) is 21.1. The molecule has 32 heavy (non-hydrogen) atoms. The van der Waals surface area contributed by atoms with Crippen LogP contribution < -0.4 is 0 Å². The minimum Gasteiger partial charge on any atom is -0.452 e. The second kappa shape index (κ2) is 6.53. The van der Waals surface area contributed by atoms with Crippen molar-refractivity contribution >= 4 is 43.9 Å². The molecule has 0 saturated heterocycles. The number of nitrogens with zero attached hydrogens (tertiary/aromatic N) is 2. The number of benzene rings is 4. The number of H-pyrrole nitrogens is 1. The van der Waals surface area contributed by atoms with Gasteiger partial charge < -0.3 is 9.40 Å². The molecule has 0 aliphatic rings. The first-order valence-corrected chi connectivity index (χ1v) is 10.6. The Morgan fingerprint density at radius 2 is 1.31 bits per heavy atom. The minimum atomic E-state index is 0.691. The minimum absolute atomic E-state index is 0.691. The predicted molar refractivity (Wildman–Crippen MR) is 130 cm³/mol. The van der Waals surface area contributed by atoms with E-state index < -0.39 is 0 Å². The molecule has 3 heterocycles. The standard InChI is InChI=1S/C28H17N3O/c1-3-9-17(10-4-1)25-27-26(31-28(30-25)18-11-5-2-6-12-18)21-15-23-20(16-24(21)32-27)19-13-7-8-14-22(19)29-23/h1-16,29H. The van der Waals surface area contributed by atoms with Gasteiger partial charge in [0.25, 0.3) is 0 Å². The predicted octanol–water partition coefficient (Wildman–Crippen LogP) is 7.34. The zero-order valence-electron chi connectivity index (χ0n) is 17.0. The number of hydrogen-bond acceptors (Lipinski definition) is 3. The first kappa shape index (κ1) is 17.3. The quantitative estimate of drug-likeness (QED) is 0.324. The molecule has 0 radical (unpaired) electrons. The van der Waals surface area contributed by atoms with Crippen LogP contribution in [0.2, 0.25) is 0 Å². The van der Waals surface area contributed by atoms with E-state index in [1.165, 1.54) is 5.39 Å². The molecule has 0 amide bonds. The van der Waals surface area contributed by atoms with Crippen LogP contribution in [-0.2, 0) is 0 Å². The van der Waals surface area contributed by atoms with Crippen LogP contribution in [-0.4, -0.2) is 15.0 Å². The van der Waals surface area contributed by atoms with Gasteiger partial charge in [-0.25, -0.2) is 9.97 Å². The van der Waals surface area contributed by atoms with E-state index >= 15 is 0 Å². The maximum Gasteiger partial charge on any atom is 0.180 e. The molecule has 150 valence electrons. The number of rotatable bonds is 2. The number of furan rings is 1. The largest absolute Gasteiger partial charge is 0.452 e. The average Bonchev–Trinajstić information content (AvgIpc) is 3.40. The van der Waals surface area contributed by atoms with Crippen molar-refractivity contribution in [3.8, 4) is 22.6 Å². The van der Waals surface area contributed by atoms with Gasteiger partial charge in [0.1, 0.15) is 16.8 Å². The summed E-state index contributed by atoms with van der Waals surface area (Å²) in [6, 6.07) is 32.8. The topological polar surface area (TPSA) is 54.7 Å². The molecule has 3 aromatic heterocycles. The van der Waals surface area contributed by atoms with E-state index in [9.17, 15) is 0 Å². The van der Waals surface area contributed by atoms with Crippen molar-refractivity contribution in [1.82, 2.24) is 15.0 Å². The third-order valence-electron chi connectivity index (χ3n) is 6.02. The maximum absolute atomic E-state index is 6.42. The average molecular weight is 411 g/mol. The van der Waals surface area contributed by atoms with E-state index in [1.807, 2.05) is 54.6 Å². The molecular weight excluding hydrogens is 394 g/mol. The van der Waals surface area contributed by atoms with Crippen LogP contribution in [0.25, 0.3) is 66.5 Å². The summed E-state index contributed by atoms with van der Waals surface area (Å²) in [7, 11) is 0. The molecular formula is C28H17N3O. The van der Waals surface area contributed by atoms with Crippen molar-refractivity contribution in [2.45, 2.75) is 0 Å². The molecule has 0 fully saturated rings. The Morgan fingerprint density at radius 1 is 0.594 bits per heavy atom. The SMILES string of the molecule is c1ccc(-c2nc(-c3ccccc3)c3oc4cc5c(cc4c3n2)[nH]c2ccccc25)cc1. The fraction of sp³-hybridized carbons (Fsp3) is 0. The second-order valence-electron chi connectivity index (χ2n) is 7.97. The Balaban J connectivity index is 1.61. The smallest absolute Gasteiger partial charge is 0.180 e. The van der Waals surface area contributed by atoms with Gasteiger partial charge in [0.15, 0.2) is 11.4 Å². The molecule has 0 aliphatic heterocycles. The number of para-hydroxylation sites is 1. The van der Waals surface area contributed by atoms with Crippen LogP contribution in [0.4, 0.5) is 0 Å². The molecule has 1 N–H and O–H groups in total. The van der Waals surface area contributed by atoms with Gasteiger partial charge in [0.05, 0.1) is 0 Å². The van der Waals surface area contributed by atoms with Gasteiger partial charge in [-0.05, 0) is 18.2 Å². The Bertz CT molecular complexity index is 1760. The monoisotopic (exact) mass is 411 g/mol. The highest BCUT2D eigenvalue weighted by molar-refractivity contribution is 6.16. The van der Waals surface area contributed by atoms with Crippen LogP contribution in [0.15, 0.2) is 101 Å². The summed E-state index contributed by atoms with van der Waals surface area (Å²) in [6.07, 6.45) is 0. The highest BCUT2D eigenvalue weighted by Gasteiger charge is 2.19. The van der Waals surface area contributed by atoms with E-state index in [0.29, 0.717) is 11.4 Å². The lowest BCUT2D eigenvalue weighted by molar-refractivity contribution is 0.668. The Morgan fingerprint density at radius 3 is 2.12 bits per heavy atom. The van der Waals surface area contributed by atoms with E-state index in [-0.39, 0.29) is 0 Å². The molecule has 4 nitrogen and oxygen atoms in total. The Kier molecular flexibility index (Phi) is 3.52. The van der Waals surface area contributed by atoms with Crippen molar-refractivity contribution in [2.24, 2.45) is 0 Å². The summed E-state index contributed by atoms with van der Waals surface area (Å²) < 4.78 is 6.42. The van der Waals surface area contributed by atoms with Crippen molar-refractivity contribution in [1.29, 1.82) is 0 Å². The zero-order valence-corrected chi connectivity index (χ0v) is 17.0. The van der Waals surface area contributed by atoms with E-state index in [2.05, 4.69) is 47.4 Å². The molecule has 4 aromatic carbocycles. The molecule has 7 aromatic rings. The summed E-state index contributed by atoms with van der Waals surface area (Å²) in [6.45, 7) is 0. The van der Waals surface area contributed by atoms with Crippen molar-refractivity contribution in [3.63, 3.8) is 0 Å². The third kappa shape index (κ3) is 2.50. The maximum atomic E-state index is 6.42. The normalized spacial score (nSPS) is 11.8. The van der Waals surface area contributed by atoms with Gasteiger partial charge in [0, 0.05) is 38.3 Å². The van der Waals surface area contributed by atoms with Gasteiger partial charge in [-0.3, -0.25) is 0 Å². The molecule has 4 heteroatoms. The lowest BCUT2D eigenvalue weighted by Crippen LogP contribution is -1.93. The Labute approximate surface area is 183 Å². The van der Waals surface area contributed by atoms with E-state index in [4.69, 9.17) is 14.4 Å². The lowest BCUT2D eigenvalue weighted by Gasteiger charge is -2.06.